The summed E-state index contributed by atoms with van der Waals surface area (Å²) in [5.41, 5.74) is 4.87. The Kier molecular flexibility index (Phi) is 4.81. The lowest BCUT2D eigenvalue weighted by Gasteiger charge is -2.32. The number of carbonyl (C=O) groups is 1. The van der Waals surface area contributed by atoms with Crippen LogP contribution >= 0.6 is 0 Å². The lowest BCUT2D eigenvalue weighted by Crippen LogP contribution is -2.45. The van der Waals surface area contributed by atoms with E-state index in [0.29, 0.717) is 6.42 Å². The van der Waals surface area contributed by atoms with Crippen molar-refractivity contribution in [2.24, 2.45) is 0 Å². The van der Waals surface area contributed by atoms with Crippen LogP contribution in [-0.4, -0.2) is 35.1 Å². The van der Waals surface area contributed by atoms with Gasteiger partial charge in [0.2, 0.25) is 0 Å². The number of hydrogen-bond acceptors (Lipinski definition) is 2. The third kappa shape index (κ3) is 3.40. The summed E-state index contributed by atoms with van der Waals surface area (Å²) >= 11 is 0. The summed E-state index contributed by atoms with van der Waals surface area (Å²) in [6.45, 7) is 8.10. The van der Waals surface area contributed by atoms with Gasteiger partial charge in [0.15, 0.2) is 0 Å². The average Bonchev–Trinajstić information content (AvgIpc) is 2.38. The Bertz CT molecular complexity index is 467. The van der Waals surface area contributed by atoms with Crippen molar-refractivity contribution < 1.29 is 9.90 Å². The average molecular weight is 275 g/mol. The third-order valence-electron chi connectivity index (χ3n) is 4.35. The Morgan fingerprint density at radius 1 is 1.15 bits per heavy atom. The molecule has 1 atom stereocenters. The van der Waals surface area contributed by atoms with Gasteiger partial charge in [-0.2, -0.15) is 0 Å². The van der Waals surface area contributed by atoms with Crippen LogP contribution < -0.4 is 0 Å². The first-order chi connectivity index (χ1) is 9.49. The third-order valence-corrected chi connectivity index (χ3v) is 4.35. The number of carboxylic acids is 1. The molecule has 2 rings (SSSR count). The van der Waals surface area contributed by atoms with Crippen molar-refractivity contribution in [2.45, 2.75) is 52.5 Å². The standard InChI is InChI=1S/C17H25NO2/c1-12-9-13(2)15(14(3)10-12)11-16(17(19)20)18-7-5-4-6-8-18/h9-10,16H,4-8,11H2,1-3H3,(H,19,20). The normalized spacial score (nSPS) is 17.9. The van der Waals surface area contributed by atoms with Gasteiger partial charge in [0.25, 0.3) is 0 Å². The van der Waals surface area contributed by atoms with Crippen molar-refractivity contribution in [2.75, 3.05) is 13.1 Å². The van der Waals surface area contributed by atoms with Crippen molar-refractivity contribution in [3.63, 3.8) is 0 Å². The van der Waals surface area contributed by atoms with Crippen molar-refractivity contribution in [3.05, 3.63) is 34.4 Å². The van der Waals surface area contributed by atoms with Crippen LogP contribution in [0.25, 0.3) is 0 Å². The summed E-state index contributed by atoms with van der Waals surface area (Å²) in [6.07, 6.45) is 4.09. The van der Waals surface area contributed by atoms with E-state index in [1.165, 1.54) is 28.7 Å². The molecule has 0 radical (unpaired) electrons. The van der Waals surface area contributed by atoms with Crippen LogP contribution in [0.2, 0.25) is 0 Å². The molecule has 0 aliphatic carbocycles. The quantitative estimate of drug-likeness (QED) is 0.918. The van der Waals surface area contributed by atoms with E-state index in [9.17, 15) is 9.90 Å². The summed E-state index contributed by atoms with van der Waals surface area (Å²) in [5, 5.41) is 9.58. The molecule has 0 saturated carbocycles. The van der Waals surface area contributed by atoms with E-state index >= 15 is 0 Å². The molecule has 1 fully saturated rings. The zero-order chi connectivity index (χ0) is 14.7. The number of rotatable bonds is 4. The van der Waals surface area contributed by atoms with Gasteiger partial charge in [-0.3, -0.25) is 9.69 Å². The second-order valence-corrected chi connectivity index (χ2v) is 6.03. The molecule has 0 amide bonds. The first-order valence-corrected chi connectivity index (χ1v) is 7.52. The molecule has 3 heteroatoms. The van der Waals surface area contributed by atoms with Gasteiger partial charge >= 0.3 is 5.97 Å². The number of nitrogens with zero attached hydrogens (tertiary/aromatic N) is 1. The van der Waals surface area contributed by atoms with Gasteiger partial charge in [-0.15, -0.1) is 0 Å². The van der Waals surface area contributed by atoms with Gasteiger partial charge in [-0.05, 0) is 69.8 Å². The summed E-state index contributed by atoms with van der Waals surface area (Å²) in [4.78, 5) is 13.8. The Morgan fingerprint density at radius 2 is 1.70 bits per heavy atom. The first-order valence-electron chi connectivity index (χ1n) is 7.52. The van der Waals surface area contributed by atoms with Gasteiger partial charge in [0, 0.05) is 0 Å². The molecule has 1 unspecified atom stereocenters. The molecule has 1 aromatic carbocycles. The van der Waals surface area contributed by atoms with Crippen molar-refractivity contribution in [1.82, 2.24) is 4.90 Å². The van der Waals surface area contributed by atoms with Gasteiger partial charge in [-0.25, -0.2) is 0 Å². The molecule has 1 saturated heterocycles. The molecule has 1 aromatic rings. The van der Waals surface area contributed by atoms with E-state index < -0.39 is 5.97 Å². The molecule has 20 heavy (non-hydrogen) atoms. The van der Waals surface area contributed by atoms with Crippen molar-refractivity contribution in [3.8, 4) is 0 Å². The smallest absolute Gasteiger partial charge is 0.321 e. The second kappa shape index (κ2) is 6.40. The van der Waals surface area contributed by atoms with E-state index in [1.54, 1.807) is 0 Å². The highest BCUT2D eigenvalue weighted by Gasteiger charge is 2.27. The topological polar surface area (TPSA) is 40.5 Å². The number of carboxylic acid groups (broad SMARTS) is 1. The maximum atomic E-state index is 11.7. The van der Waals surface area contributed by atoms with E-state index in [0.717, 1.165) is 25.9 Å². The number of piperidine rings is 1. The predicted octanol–water partition coefficient (Wildman–Crippen LogP) is 3.09. The molecule has 1 N–H and O–H groups in total. The lowest BCUT2D eigenvalue weighted by atomic mass is 9.93. The van der Waals surface area contributed by atoms with Gasteiger partial charge in [0.1, 0.15) is 6.04 Å². The highest BCUT2D eigenvalue weighted by atomic mass is 16.4. The number of aryl methyl sites for hydroxylation is 3. The van der Waals surface area contributed by atoms with Crippen LogP contribution in [-0.2, 0) is 11.2 Å². The second-order valence-electron chi connectivity index (χ2n) is 6.03. The number of benzene rings is 1. The van der Waals surface area contributed by atoms with Crippen LogP contribution in [0, 0.1) is 20.8 Å². The van der Waals surface area contributed by atoms with Gasteiger partial charge < -0.3 is 5.11 Å². The van der Waals surface area contributed by atoms with Crippen LogP contribution in [0.3, 0.4) is 0 Å². The Hall–Kier alpha value is -1.35. The van der Waals surface area contributed by atoms with E-state index in [1.807, 2.05) is 0 Å². The molecule has 0 aromatic heterocycles. The zero-order valence-corrected chi connectivity index (χ0v) is 12.8. The monoisotopic (exact) mass is 275 g/mol. The highest BCUT2D eigenvalue weighted by Crippen LogP contribution is 2.22. The Labute approximate surface area is 121 Å². The fourth-order valence-corrected chi connectivity index (χ4v) is 3.33. The van der Waals surface area contributed by atoms with Gasteiger partial charge in [-0.1, -0.05) is 24.1 Å². The van der Waals surface area contributed by atoms with Crippen molar-refractivity contribution >= 4 is 5.97 Å². The van der Waals surface area contributed by atoms with E-state index in [4.69, 9.17) is 0 Å². The number of aliphatic carboxylic acids is 1. The van der Waals surface area contributed by atoms with Crippen LogP contribution in [0.5, 0.6) is 0 Å². The minimum absolute atomic E-state index is 0.379. The maximum Gasteiger partial charge on any atom is 0.321 e. The van der Waals surface area contributed by atoms with Crippen LogP contribution in [0.4, 0.5) is 0 Å². The fraction of sp³-hybridized carbons (Fsp3) is 0.588. The summed E-state index contributed by atoms with van der Waals surface area (Å²) in [7, 11) is 0. The van der Waals surface area contributed by atoms with Crippen LogP contribution in [0.15, 0.2) is 12.1 Å². The molecule has 110 valence electrons. The first kappa shape index (κ1) is 15.0. The summed E-state index contributed by atoms with van der Waals surface area (Å²) < 4.78 is 0. The van der Waals surface area contributed by atoms with E-state index in [-0.39, 0.29) is 6.04 Å². The maximum absolute atomic E-state index is 11.7. The molecule has 1 heterocycles. The lowest BCUT2D eigenvalue weighted by molar-refractivity contribution is -0.143. The molecule has 1 aliphatic heterocycles. The fourth-order valence-electron chi connectivity index (χ4n) is 3.33. The molecule has 0 spiro atoms. The largest absolute Gasteiger partial charge is 0.480 e. The van der Waals surface area contributed by atoms with Gasteiger partial charge in [0.05, 0.1) is 0 Å². The highest BCUT2D eigenvalue weighted by molar-refractivity contribution is 5.74. The van der Waals surface area contributed by atoms with Crippen LogP contribution in [0.1, 0.15) is 41.5 Å². The molecular formula is C17H25NO2. The number of hydrogen-bond donors (Lipinski definition) is 1. The number of likely N-dealkylation sites (tertiary alicyclic amines) is 1. The molecule has 3 nitrogen and oxygen atoms in total. The molecule has 1 aliphatic rings. The minimum atomic E-state index is -0.689. The summed E-state index contributed by atoms with van der Waals surface area (Å²) in [6, 6.07) is 3.92. The summed E-state index contributed by atoms with van der Waals surface area (Å²) in [5.74, 6) is -0.689. The Morgan fingerprint density at radius 3 is 2.20 bits per heavy atom. The molecular weight excluding hydrogens is 250 g/mol. The zero-order valence-electron chi connectivity index (χ0n) is 12.8. The predicted molar refractivity (Wildman–Crippen MR) is 81.2 cm³/mol. The van der Waals surface area contributed by atoms with Crippen molar-refractivity contribution in [1.29, 1.82) is 0 Å². The Balaban J connectivity index is 2.22. The van der Waals surface area contributed by atoms with E-state index in [2.05, 4.69) is 37.8 Å². The molecule has 0 bridgehead atoms. The minimum Gasteiger partial charge on any atom is -0.480 e. The SMILES string of the molecule is Cc1cc(C)c(CC(C(=O)O)N2CCCCC2)c(C)c1.